The van der Waals surface area contributed by atoms with Crippen molar-refractivity contribution in [3.05, 3.63) is 23.8 Å². The molecule has 3 rings (SSSR count). The van der Waals surface area contributed by atoms with Gasteiger partial charge < -0.3 is 23.8 Å². The van der Waals surface area contributed by atoms with E-state index in [0.29, 0.717) is 12.1 Å². The smallest absolute Gasteiger partial charge is 0.444 e. The Bertz CT molecular complexity index is 1150. The zero-order valence-electron chi connectivity index (χ0n) is 27.0. The molecule has 0 N–H and O–H groups in total. The molecule has 32 heavy (non-hydrogen) atoms. The predicted octanol–water partition coefficient (Wildman–Crippen LogP) is 4.06. The van der Waals surface area contributed by atoms with Crippen molar-refractivity contribution in [1.29, 1.82) is 0 Å². The first-order valence-electron chi connectivity index (χ1n) is 13.9. The highest BCUT2D eigenvalue weighted by Crippen LogP contribution is 2.38. The van der Waals surface area contributed by atoms with Crippen LogP contribution in [0.1, 0.15) is 65.0 Å². The predicted molar refractivity (Wildman–Crippen MR) is 117 cm³/mol. The molecule has 0 saturated carbocycles. The molecule has 0 radical (unpaired) electrons. The van der Waals surface area contributed by atoms with E-state index < -0.39 is 73.4 Å². The van der Waals surface area contributed by atoms with E-state index in [-0.39, 0.29) is 15.3 Å². The number of ether oxygens (including phenoxy) is 1. The number of halogens is 3. The van der Waals surface area contributed by atoms with Gasteiger partial charge in [-0.3, -0.25) is 0 Å². The number of hydrogen-bond donors (Lipinski definition) is 0. The van der Waals surface area contributed by atoms with Crippen LogP contribution in [0.25, 0.3) is 0 Å². The fourth-order valence-electron chi connectivity index (χ4n) is 2.83. The first-order valence-corrected chi connectivity index (χ1v) is 9.92. The lowest BCUT2D eigenvalue weighted by Crippen LogP contribution is -2.50. The molecule has 2 fully saturated rings. The number of amides is 1. The van der Waals surface area contributed by atoms with Gasteiger partial charge in [-0.2, -0.15) is 13.2 Å². The maximum Gasteiger partial charge on any atom is 0.494 e. The second-order valence-electron chi connectivity index (χ2n) is 9.50. The number of carbonyl (C=O) groups excluding carboxylic acids is 1. The van der Waals surface area contributed by atoms with E-state index in [0.717, 1.165) is 6.07 Å². The Balaban J connectivity index is 2.27. The number of nitrogens with zero attached hydrogens (tertiary/aromatic N) is 2. The highest BCUT2D eigenvalue weighted by molar-refractivity contribution is 6.62. The Morgan fingerprint density at radius 1 is 1.03 bits per heavy atom. The van der Waals surface area contributed by atoms with Crippen molar-refractivity contribution in [1.82, 2.24) is 4.90 Å². The second kappa shape index (κ2) is 8.13. The zero-order chi connectivity index (χ0) is 31.3. The molecule has 2 aliphatic rings. The molecule has 2 heterocycles. The van der Waals surface area contributed by atoms with Gasteiger partial charge in [-0.05, 0) is 66.1 Å². The third-order valence-electron chi connectivity index (χ3n) is 5.17. The SMILES string of the molecule is [2H]C1([2H])N(C(=O)OC(C)(C)C)C([2H])([2H])C([2H])([2H])N(c2cc(B3OC(C)(C)C(C)(C)O3)cc(C(F)(F)F)c2)C1([2H])[2H]. The lowest BCUT2D eigenvalue weighted by molar-refractivity contribution is -0.137. The molecular formula is C22H32BF3N2O4. The van der Waals surface area contributed by atoms with Gasteiger partial charge in [0.1, 0.15) is 5.60 Å². The van der Waals surface area contributed by atoms with Gasteiger partial charge in [0.2, 0.25) is 0 Å². The van der Waals surface area contributed by atoms with Crippen LogP contribution in [0.15, 0.2) is 18.2 Å². The summed E-state index contributed by atoms with van der Waals surface area (Å²) in [6.07, 6.45) is -6.72. The Kier molecular flexibility index (Phi) is 4.02. The van der Waals surface area contributed by atoms with Crippen LogP contribution in [0.5, 0.6) is 0 Å². The summed E-state index contributed by atoms with van der Waals surface area (Å²) in [5, 5.41) is 0. The van der Waals surface area contributed by atoms with Gasteiger partial charge in [-0.25, -0.2) is 4.79 Å². The van der Waals surface area contributed by atoms with E-state index in [1.54, 1.807) is 27.7 Å². The molecule has 10 heteroatoms. The molecule has 178 valence electrons. The van der Waals surface area contributed by atoms with Gasteiger partial charge in [0.05, 0.1) is 27.7 Å². The quantitative estimate of drug-likeness (QED) is 0.618. The van der Waals surface area contributed by atoms with E-state index in [9.17, 15) is 18.0 Å². The van der Waals surface area contributed by atoms with E-state index in [4.69, 9.17) is 25.0 Å². The highest BCUT2D eigenvalue weighted by atomic mass is 19.4. The summed E-state index contributed by atoms with van der Waals surface area (Å²) in [6.45, 7) is -3.80. The molecule has 1 aromatic rings. The van der Waals surface area contributed by atoms with Crippen LogP contribution in [-0.4, -0.2) is 60.9 Å². The maximum atomic E-state index is 14.0. The molecule has 2 saturated heterocycles. The van der Waals surface area contributed by atoms with E-state index in [1.165, 1.54) is 20.8 Å². The second-order valence-corrected chi connectivity index (χ2v) is 9.50. The van der Waals surface area contributed by atoms with Crippen molar-refractivity contribution >= 4 is 24.4 Å². The summed E-state index contributed by atoms with van der Waals surface area (Å²) < 4.78 is 127. The van der Waals surface area contributed by atoms with Gasteiger partial charge in [-0.15, -0.1) is 0 Å². The van der Waals surface area contributed by atoms with Crippen LogP contribution < -0.4 is 10.4 Å². The van der Waals surface area contributed by atoms with Crippen molar-refractivity contribution < 1.29 is 43.0 Å². The fraction of sp³-hybridized carbons (Fsp3) is 0.682. The molecule has 0 atom stereocenters. The number of carbonyl (C=O) groups is 1. The zero-order valence-corrected chi connectivity index (χ0v) is 19.0. The standard InChI is InChI=1S/C22H32BF3N2O4/c1-19(2,3)30-18(29)28-10-8-27(9-11-28)17-13-15(22(24,25)26)12-16(14-17)23-31-20(4,5)21(6,7)32-23/h12-14H,8-11H2,1-7H3/i8D2,9D2,10D2,11D2. The van der Waals surface area contributed by atoms with Crippen LogP contribution in [-0.2, 0) is 20.2 Å². The first kappa shape index (κ1) is 15.8. The summed E-state index contributed by atoms with van der Waals surface area (Å²) in [4.78, 5) is 12.5. The fourth-order valence-corrected chi connectivity index (χ4v) is 2.83. The van der Waals surface area contributed by atoms with E-state index in [1.807, 2.05) is 0 Å². The summed E-state index contributed by atoms with van der Waals surface area (Å²) >= 11 is 0. The van der Waals surface area contributed by atoms with Gasteiger partial charge in [-0.1, -0.05) is 6.07 Å². The average Bonchev–Trinajstić information content (AvgIpc) is 2.91. The molecule has 0 bridgehead atoms. The topological polar surface area (TPSA) is 51.2 Å². The van der Waals surface area contributed by atoms with Crippen LogP contribution >= 0.6 is 0 Å². The molecule has 1 aromatic carbocycles. The number of alkyl halides is 3. The van der Waals surface area contributed by atoms with Crippen LogP contribution in [0.2, 0.25) is 0 Å². The van der Waals surface area contributed by atoms with Crippen LogP contribution in [0.4, 0.5) is 23.7 Å². The van der Waals surface area contributed by atoms with Crippen molar-refractivity contribution in [2.45, 2.75) is 71.4 Å². The van der Waals surface area contributed by atoms with Crippen molar-refractivity contribution in [3.63, 3.8) is 0 Å². The molecule has 0 spiro atoms. The summed E-state index contributed by atoms with van der Waals surface area (Å²) in [5.74, 6) is 0. The van der Waals surface area contributed by atoms with Gasteiger partial charge in [0.25, 0.3) is 0 Å². The Morgan fingerprint density at radius 2 is 1.56 bits per heavy atom. The number of piperazine rings is 1. The van der Waals surface area contributed by atoms with Gasteiger partial charge in [0.15, 0.2) is 0 Å². The third kappa shape index (κ3) is 5.34. The number of anilines is 1. The Hall–Kier alpha value is -1.94. The summed E-state index contributed by atoms with van der Waals surface area (Å²) in [7, 11) is -1.40. The van der Waals surface area contributed by atoms with Crippen molar-refractivity contribution in [3.8, 4) is 0 Å². The van der Waals surface area contributed by atoms with Gasteiger partial charge in [0, 0.05) is 31.7 Å². The van der Waals surface area contributed by atoms with Crippen molar-refractivity contribution in [2.75, 3.05) is 30.9 Å². The Morgan fingerprint density at radius 3 is 2.03 bits per heavy atom. The minimum atomic E-state index is -5.02. The Labute approximate surface area is 199 Å². The number of hydrogen-bond acceptors (Lipinski definition) is 5. The maximum absolute atomic E-state index is 14.0. The first-order chi connectivity index (χ1) is 17.5. The normalized spacial score (nSPS) is 31.1. The minimum absolute atomic E-state index is 0.0646. The average molecular weight is 464 g/mol. The van der Waals surface area contributed by atoms with Crippen LogP contribution in [0.3, 0.4) is 0 Å². The molecule has 0 aliphatic carbocycles. The molecule has 1 amide bonds. The van der Waals surface area contributed by atoms with Gasteiger partial charge >= 0.3 is 19.4 Å². The van der Waals surface area contributed by atoms with E-state index in [2.05, 4.69) is 0 Å². The molecule has 0 unspecified atom stereocenters. The summed E-state index contributed by atoms with van der Waals surface area (Å²) in [6, 6.07) is 1.97. The lowest BCUT2D eigenvalue weighted by atomic mass is 9.78. The minimum Gasteiger partial charge on any atom is -0.444 e. The molecule has 2 aliphatic heterocycles. The third-order valence-corrected chi connectivity index (χ3v) is 5.17. The molecule has 6 nitrogen and oxygen atoms in total. The summed E-state index contributed by atoms with van der Waals surface area (Å²) in [5.41, 5.74) is -5.76. The highest BCUT2D eigenvalue weighted by Gasteiger charge is 2.52. The number of benzene rings is 1. The number of rotatable bonds is 2. The largest absolute Gasteiger partial charge is 0.494 e. The lowest BCUT2D eigenvalue weighted by Gasteiger charge is -2.37. The van der Waals surface area contributed by atoms with Crippen molar-refractivity contribution in [2.24, 2.45) is 0 Å². The monoisotopic (exact) mass is 464 g/mol. The molecule has 0 aromatic heterocycles. The van der Waals surface area contributed by atoms with E-state index >= 15 is 0 Å². The van der Waals surface area contributed by atoms with Crippen LogP contribution in [0, 0.1) is 0 Å². The molecular weight excluding hydrogens is 424 g/mol.